The molecule has 3 aliphatic heterocycles. The highest BCUT2D eigenvalue weighted by molar-refractivity contribution is 5.93. The van der Waals surface area contributed by atoms with Crippen molar-refractivity contribution in [1.82, 2.24) is 19.4 Å². The van der Waals surface area contributed by atoms with E-state index in [1.54, 1.807) is 4.90 Å². The monoisotopic (exact) mass is 302 g/mol. The molecule has 2 saturated heterocycles. The zero-order chi connectivity index (χ0) is 15.3. The zero-order valence-electron chi connectivity index (χ0n) is 13.0. The fourth-order valence-corrected chi connectivity index (χ4v) is 4.10. The van der Waals surface area contributed by atoms with E-state index in [9.17, 15) is 9.59 Å². The minimum Gasteiger partial charge on any atom is -0.344 e. The van der Waals surface area contributed by atoms with Crippen molar-refractivity contribution in [2.75, 3.05) is 13.6 Å². The number of amides is 2. The summed E-state index contributed by atoms with van der Waals surface area (Å²) in [5.41, 5.74) is 0.561. The molecule has 3 aliphatic rings. The lowest BCUT2D eigenvalue weighted by Gasteiger charge is -2.27. The maximum Gasteiger partial charge on any atom is 0.274 e. The zero-order valence-corrected chi connectivity index (χ0v) is 13.0. The molecule has 1 aromatic rings. The van der Waals surface area contributed by atoms with Crippen LogP contribution in [-0.4, -0.2) is 56.8 Å². The molecule has 6 nitrogen and oxygen atoms in total. The number of rotatable bonds is 1. The summed E-state index contributed by atoms with van der Waals surface area (Å²) in [7, 11) is 1.83. The molecular formula is C16H22N4O2. The molecule has 1 aromatic heterocycles. The van der Waals surface area contributed by atoms with E-state index < -0.39 is 0 Å². The Balaban J connectivity index is 1.62. The van der Waals surface area contributed by atoms with Gasteiger partial charge in [0.05, 0.1) is 6.04 Å². The van der Waals surface area contributed by atoms with Crippen molar-refractivity contribution >= 4 is 11.8 Å². The molecule has 0 spiro atoms. The Morgan fingerprint density at radius 2 is 2.09 bits per heavy atom. The van der Waals surface area contributed by atoms with Gasteiger partial charge in [0.25, 0.3) is 5.91 Å². The van der Waals surface area contributed by atoms with Crippen LogP contribution in [0.3, 0.4) is 0 Å². The van der Waals surface area contributed by atoms with Gasteiger partial charge in [-0.2, -0.15) is 0 Å². The van der Waals surface area contributed by atoms with Crippen LogP contribution in [0.1, 0.15) is 48.4 Å². The van der Waals surface area contributed by atoms with Gasteiger partial charge in [0.1, 0.15) is 11.5 Å². The summed E-state index contributed by atoms with van der Waals surface area (Å²) in [4.78, 5) is 33.3. The average molecular weight is 302 g/mol. The van der Waals surface area contributed by atoms with Crippen LogP contribution in [0.4, 0.5) is 0 Å². The number of hydrogen-bond acceptors (Lipinski definition) is 3. The Morgan fingerprint density at radius 3 is 2.91 bits per heavy atom. The Kier molecular flexibility index (Phi) is 3.20. The molecule has 2 fully saturated rings. The van der Waals surface area contributed by atoms with Crippen LogP contribution in [0.25, 0.3) is 0 Å². The minimum atomic E-state index is 0.0116. The van der Waals surface area contributed by atoms with Crippen molar-refractivity contribution in [3.63, 3.8) is 0 Å². The van der Waals surface area contributed by atoms with Gasteiger partial charge in [0.2, 0.25) is 5.91 Å². The Bertz CT molecular complexity index is 600. The van der Waals surface area contributed by atoms with E-state index in [0.717, 1.165) is 44.5 Å². The molecule has 0 aromatic carbocycles. The molecule has 0 N–H and O–H groups in total. The van der Waals surface area contributed by atoms with Gasteiger partial charge >= 0.3 is 0 Å². The first kappa shape index (κ1) is 13.8. The molecule has 0 saturated carbocycles. The number of likely N-dealkylation sites (N-methyl/N-ethyl adjacent to an activating group) is 1. The fourth-order valence-electron chi connectivity index (χ4n) is 4.10. The van der Waals surface area contributed by atoms with Gasteiger partial charge in [-0.15, -0.1) is 0 Å². The predicted molar refractivity (Wildman–Crippen MR) is 80.4 cm³/mol. The standard InChI is InChI=1S/C16H22N4O2/c1-18-9-12-6-5-11(8-15(18)21)20(12)16(22)13-10-19-7-3-2-4-14(19)17-13/h10-12H,2-9H2,1H3/t11-,12+/m1/s1. The third-order valence-corrected chi connectivity index (χ3v) is 5.30. The number of likely N-dealkylation sites (tertiary alicyclic amines) is 1. The summed E-state index contributed by atoms with van der Waals surface area (Å²) in [5, 5.41) is 0. The summed E-state index contributed by atoms with van der Waals surface area (Å²) < 4.78 is 2.12. The lowest BCUT2D eigenvalue weighted by atomic mass is 10.1. The van der Waals surface area contributed by atoms with Crippen molar-refractivity contribution in [1.29, 1.82) is 0 Å². The van der Waals surface area contributed by atoms with Crippen molar-refractivity contribution in [2.24, 2.45) is 0 Å². The van der Waals surface area contributed by atoms with Crippen molar-refractivity contribution in [2.45, 2.75) is 57.2 Å². The van der Waals surface area contributed by atoms with Crippen LogP contribution in [-0.2, 0) is 17.8 Å². The quantitative estimate of drug-likeness (QED) is 0.779. The van der Waals surface area contributed by atoms with E-state index >= 15 is 0 Å². The van der Waals surface area contributed by atoms with E-state index in [4.69, 9.17) is 0 Å². The second-order valence-corrected chi connectivity index (χ2v) is 6.77. The predicted octanol–water partition coefficient (Wildman–Crippen LogP) is 1.05. The van der Waals surface area contributed by atoms with Gasteiger partial charge in [-0.05, 0) is 25.7 Å². The third kappa shape index (κ3) is 2.12. The topological polar surface area (TPSA) is 58.4 Å². The molecular weight excluding hydrogens is 280 g/mol. The largest absolute Gasteiger partial charge is 0.344 e. The van der Waals surface area contributed by atoms with Gasteiger partial charge in [0.15, 0.2) is 0 Å². The molecule has 2 bridgehead atoms. The molecule has 4 rings (SSSR count). The molecule has 4 heterocycles. The highest BCUT2D eigenvalue weighted by Gasteiger charge is 2.42. The van der Waals surface area contributed by atoms with Crippen LogP contribution in [0.2, 0.25) is 0 Å². The molecule has 6 heteroatoms. The van der Waals surface area contributed by atoms with Crippen LogP contribution in [0.5, 0.6) is 0 Å². The summed E-state index contributed by atoms with van der Waals surface area (Å²) in [6.45, 7) is 1.61. The Hall–Kier alpha value is -1.85. The molecule has 22 heavy (non-hydrogen) atoms. The van der Waals surface area contributed by atoms with E-state index in [-0.39, 0.29) is 23.9 Å². The summed E-state index contributed by atoms with van der Waals surface area (Å²) in [5.74, 6) is 1.19. The first-order chi connectivity index (χ1) is 10.6. The number of nitrogens with zero attached hydrogens (tertiary/aromatic N) is 4. The van der Waals surface area contributed by atoms with Gasteiger partial charge in [-0.3, -0.25) is 9.59 Å². The molecule has 0 radical (unpaired) electrons. The molecule has 0 unspecified atom stereocenters. The summed E-state index contributed by atoms with van der Waals surface area (Å²) in [6, 6.07) is 0.196. The summed E-state index contributed by atoms with van der Waals surface area (Å²) >= 11 is 0. The Labute approximate surface area is 130 Å². The van der Waals surface area contributed by atoms with Crippen molar-refractivity contribution < 1.29 is 9.59 Å². The van der Waals surface area contributed by atoms with E-state index in [2.05, 4.69) is 9.55 Å². The first-order valence-corrected chi connectivity index (χ1v) is 8.26. The summed E-state index contributed by atoms with van der Waals surface area (Å²) in [6.07, 6.45) is 7.55. The van der Waals surface area contributed by atoms with Crippen LogP contribution in [0, 0.1) is 0 Å². The SMILES string of the molecule is CN1C[C@@H]2CC[C@H](CC1=O)N2C(=O)c1cn2c(n1)CCCC2. The van der Waals surface area contributed by atoms with Gasteiger partial charge in [0, 0.05) is 45.2 Å². The highest BCUT2D eigenvalue weighted by atomic mass is 16.2. The number of hydrogen-bond donors (Lipinski definition) is 0. The van der Waals surface area contributed by atoms with Crippen LogP contribution >= 0.6 is 0 Å². The van der Waals surface area contributed by atoms with E-state index in [1.807, 2.05) is 18.1 Å². The smallest absolute Gasteiger partial charge is 0.274 e. The number of carbonyl (C=O) groups excluding carboxylic acids is 2. The first-order valence-electron chi connectivity index (χ1n) is 8.26. The van der Waals surface area contributed by atoms with Crippen molar-refractivity contribution in [3.8, 4) is 0 Å². The Morgan fingerprint density at radius 1 is 1.27 bits per heavy atom. The fraction of sp³-hybridized carbons (Fsp3) is 0.688. The maximum absolute atomic E-state index is 13.0. The second kappa shape index (κ2) is 5.11. The maximum atomic E-state index is 13.0. The van der Waals surface area contributed by atoms with Crippen LogP contribution < -0.4 is 0 Å². The van der Waals surface area contributed by atoms with E-state index in [0.29, 0.717) is 18.7 Å². The van der Waals surface area contributed by atoms with Gasteiger partial charge < -0.3 is 14.4 Å². The number of imidazole rings is 1. The highest BCUT2D eigenvalue weighted by Crippen LogP contribution is 2.32. The minimum absolute atomic E-state index is 0.0116. The van der Waals surface area contributed by atoms with Crippen molar-refractivity contribution in [3.05, 3.63) is 17.7 Å². The van der Waals surface area contributed by atoms with Crippen LogP contribution in [0.15, 0.2) is 6.20 Å². The molecule has 0 aliphatic carbocycles. The lowest BCUT2D eigenvalue weighted by Crippen LogP contribution is -2.42. The molecule has 2 amide bonds. The number of aryl methyl sites for hydroxylation is 2. The van der Waals surface area contributed by atoms with E-state index in [1.165, 1.54) is 0 Å². The average Bonchev–Trinajstić information content (AvgIpc) is 3.07. The normalized spacial score (nSPS) is 27.8. The number of aromatic nitrogens is 2. The lowest BCUT2D eigenvalue weighted by molar-refractivity contribution is -0.130. The second-order valence-electron chi connectivity index (χ2n) is 6.77. The molecule has 118 valence electrons. The van der Waals surface area contributed by atoms with Gasteiger partial charge in [-0.25, -0.2) is 4.98 Å². The number of carbonyl (C=O) groups is 2. The van der Waals surface area contributed by atoms with Gasteiger partial charge in [-0.1, -0.05) is 0 Å². The third-order valence-electron chi connectivity index (χ3n) is 5.30. The number of fused-ring (bicyclic) bond motifs is 3. The molecule has 2 atom stereocenters.